The number of aliphatic hydroxyl groups is 1. The summed E-state index contributed by atoms with van der Waals surface area (Å²) in [5.41, 5.74) is 8.60. The number of nitrogens with two attached hydrogens (primary N) is 1. The molecule has 9 nitrogen and oxygen atoms in total. The van der Waals surface area contributed by atoms with Crippen LogP contribution in [0.5, 0.6) is 5.75 Å². The number of alkyl halides is 2. The van der Waals surface area contributed by atoms with Crippen molar-refractivity contribution < 1.29 is 23.4 Å². The van der Waals surface area contributed by atoms with E-state index in [9.17, 15) is 18.7 Å². The van der Waals surface area contributed by atoms with Crippen LogP contribution in [0.2, 0.25) is 5.02 Å². The highest BCUT2D eigenvalue weighted by atomic mass is 35.5. The standard InChI is InChI=1S/C29H37ClF2N6O3/c1-16-25(24(17(2)33)18(3)39)35-26(22-7-21(5-6-23(22)30)41-11-20(40)10-34-4)36-27(16)38-12-28(13-38)8-19(9-28)37-14-29(31,32)15-37/h5-7,19-20,34,40H,8-15,33H2,1-4H3/t20-/m1/s1. The van der Waals surface area contributed by atoms with E-state index in [2.05, 4.69) is 10.2 Å². The van der Waals surface area contributed by atoms with Crippen LogP contribution in [0.25, 0.3) is 17.0 Å². The van der Waals surface area contributed by atoms with Gasteiger partial charge in [-0.1, -0.05) is 11.6 Å². The van der Waals surface area contributed by atoms with Crippen LogP contribution in [0, 0.1) is 12.3 Å². The molecule has 3 fully saturated rings. The van der Waals surface area contributed by atoms with E-state index in [0.717, 1.165) is 31.5 Å². The quantitative estimate of drug-likeness (QED) is 0.359. The van der Waals surface area contributed by atoms with E-state index in [1.165, 1.54) is 6.92 Å². The lowest BCUT2D eigenvalue weighted by molar-refractivity contribution is -0.175. The van der Waals surface area contributed by atoms with Crippen LogP contribution in [0.4, 0.5) is 14.6 Å². The SMILES string of the molecule is CNC[C@@H](O)COc1ccc(Cl)c(-c2nc(C(C(C)=O)=C(C)N)c(C)c(N3CC4(CC(N5CC(F)(F)C5)C4)C3)n2)c1. The molecule has 3 aliphatic rings. The fourth-order valence-electron chi connectivity index (χ4n) is 6.24. The van der Waals surface area contributed by atoms with Gasteiger partial charge in [-0.3, -0.25) is 9.69 Å². The highest BCUT2D eigenvalue weighted by Crippen LogP contribution is 2.53. The Morgan fingerprint density at radius 1 is 1.24 bits per heavy atom. The molecule has 1 spiro atoms. The molecule has 1 aromatic carbocycles. The number of aromatic nitrogens is 2. The number of hydrogen-bond acceptors (Lipinski definition) is 9. The molecule has 4 N–H and O–H groups in total. The summed E-state index contributed by atoms with van der Waals surface area (Å²) < 4.78 is 32.5. The first-order chi connectivity index (χ1) is 19.3. The summed E-state index contributed by atoms with van der Waals surface area (Å²) in [6.07, 6.45) is 1.08. The average molecular weight is 591 g/mol. The molecule has 41 heavy (non-hydrogen) atoms. The second kappa shape index (κ2) is 11.1. The van der Waals surface area contributed by atoms with Gasteiger partial charge in [-0.05, 0) is 58.9 Å². The zero-order chi connectivity index (χ0) is 29.7. The number of Topliss-reactive ketones (excluding diaryl/α,β-unsaturated/α-hetero) is 1. The van der Waals surface area contributed by atoms with Crippen molar-refractivity contribution in [1.29, 1.82) is 0 Å². The Morgan fingerprint density at radius 3 is 2.51 bits per heavy atom. The lowest BCUT2D eigenvalue weighted by Crippen LogP contribution is -2.71. The second-order valence-electron chi connectivity index (χ2n) is 11.8. The third-order valence-corrected chi connectivity index (χ3v) is 8.57. The molecule has 1 saturated carbocycles. The summed E-state index contributed by atoms with van der Waals surface area (Å²) in [5.74, 6) is -1.27. The Morgan fingerprint density at radius 2 is 1.93 bits per heavy atom. The summed E-state index contributed by atoms with van der Waals surface area (Å²) in [6, 6.07) is 5.31. The Balaban J connectivity index is 1.44. The molecule has 2 aliphatic heterocycles. The number of halogens is 3. The Bertz CT molecular complexity index is 1360. The molecule has 0 bridgehead atoms. The van der Waals surface area contributed by atoms with Gasteiger partial charge in [0.05, 0.1) is 29.4 Å². The third kappa shape index (κ3) is 5.90. The monoisotopic (exact) mass is 590 g/mol. The zero-order valence-electron chi connectivity index (χ0n) is 23.8. The van der Waals surface area contributed by atoms with Crippen molar-refractivity contribution in [3.63, 3.8) is 0 Å². The first-order valence-corrected chi connectivity index (χ1v) is 14.2. The van der Waals surface area contributed by atoms with E-state index in [0.29, 0.717) is 51.5 Å². The number of ketones is 1. The van der Waals surface area contributed by atoms with Gasteiger partial charge in [-0.15, -0.1) is 0 Å². The van der Waals surface area contributed by atoms with Crippen LogP contribution in [-0.4, -0.2) is 90.2 Å². The number of carbonyl (C=O) groups excluding carboxylic acids is 1. The molecule has 1 atom stereocenters. The summed E-state index contributed by atoms with van der Waals surface area (Å²) in [6.45, 7) is 6.66. The van der Waals surface area contributed by atoms with Gasteiger partial charge in [0.25, 0.3) is 5.92 Å². The van der Waals surface area contributed by atoms with Crippen molar-refractivity contribution in [2.75, 3.05) is 51.3 Å². The number of aliphatic hydroxyl groups excluding tert-OH is 1. The summed E-state index contributed by atoms with van der Waals surface area (Å²) in [4.78, 5) is 26.4. The lowest BCUT2D eigenvalue weighted by atomic mass is 9.59. The molecule has 222 valence electrons. The van der Waals surface area contributed by atoms with Crippen LogP contribution < -0.4 is 20.7 Å². The van der Waals surface area contributed by atoms with Gasteiger partial charge in [-0.25, -0.2) is 18.7 Å². The maximum Gasteiger partial charge on any atom is 0.272 e. The summed E-state index contributed by atoms with van der Waals surface area (Å²) in [5, 5.41) is 13.3. The van der Waals surface area contributed by atoms with E-state index in [1.807, 2.05) is 11.8 Å². The second-order valence-corrected chi connectivity index (χ2v) is 12.2. The van der Waals surface area contributed by atoms with Crippen molar-refractivity contribution >= 4 is 28.8 Å². The number of nitrogens with zero attached hydrogens (tertiary/aromatic N) is 4. The molecule has 0 amide bonds. The summed E-state index contributed by atoms with van der Waals surface area (Å²) >= 11 is 6.61. The molecular weight excluding hydrogens is 554 g/mol. The topological polar surface area (TPSA) is 117 Å². The van der Waals surface area contributed by atoms with Gasteiger partial charge in [0.2, 0.25) is 0 Å². The largest absolute Gasteiger partial charge is 0.491 e. The number of ether oxygens (including phenoxy) is 1. The molecular formula is C29H37ClF2N6O3. The number of anilines is 1. The van der Waals surface area contributed by atoms with Crippen LogP contribution in [0.1, 0.15) is 37.9 Å². The van der Waals surface area contributed by atoms with E-state index in [1.54, 1.807) is 32.2 Å². The van der Waals surface area contributed by atoms with Crippen molar-refractivity contribution in [2.24, 2.45) is 11.1 Å². The molecule has 2 aromatic rings. The lowest BCUT2D eigenvalue weighted by Gasteiger charge is -2.63. The van der Waals surface area contributed by atoms with E-state index >= 15 is 0 Å². The Kier molecular flexibility index (Phi) is 8.01. The van der Waals surface area contributed by atoms with Crippen molar-refractivity contribution in [3.8, 4) is 17.1 Å². The number of likely N-dealkylation sites (tertiary alicyclic amines) is 1. The fraction of sp³-hybridized carbons (Fsp3) is 0.552. The molecule has 1 aromatic heterocycles. The van der Waals surface area contributed by atoms with E-state index in [4.69, 9.17) is 32.0 Å². The average Bonchev–Trinajstić information content (AvgIpc) is 2.82. The number of rotatable bonds is 10. The fourth-order valence-corrected chi connectivity index (χ4v) is 6.44. The van der Waals surface area contributed by atoms with Crippen LogP contribution in [-0.2, 0) is 4.79 Å². The van der Waals surface area contributed by atoms with Gasteiger partial charge >= 0.3 is 0 Å². The van der Waals surface area contributed by atoms with Gasteiger partial charge < -0.3 is 25.8 Å². The van der Waals surface area contributed by atoms with Crippen LogP contribution in [0.3, 0.4) is 0 Å². The van der Waals surface area contributed by atoms with Gasteiger partial charge in [-0.2, -0.15) is 0 Å². The van der Waals surface area contributed by atoms with Crippen molar-refractivity contribution in [2.45, 2.75) is 51.7 Å². The Labute approximate surface area is 243 Å². The molecule has 0 unspecified atom stereocenters. The first-order valence-electron chi connectivity index (χ1n) is 13.8. The summed E-state index contributed by atoms with van der Waals surface area (Å²) in [7, 11) is 1.75. The highest BCUT2D eigenvalue weighted by molar-refractivity contribution is 6.33. The third-order valence-electron chi connectivity index (χ3n) is 8.24. The number of carbonyl (C=O) groups is 1. The number of hydrogen-bond donors (Lipinski definition) is 3. The molecule has 12 heteroatoms. The van der Waals surface area contributed by atoms with Crippen LogP contribution >= 0.6 is 11.6 Å². The minimum Gasteiger partial charge on any atom is -0.491 e. The van der Waals surface area contributed by atoms with Gasteiger partial charge in [0.15, 0.2) is 11.6 Å². The molecule has 1 aliphatic carbocycles. The molecule has 3 heterocycles. The molecule has 2 saturated heterocycles. The normalized spacial score (nSPS) is 21.0. The van der Waals surface area contributed by atoms with E-state index in [-0.39, 0.29) is 36.9 Å². The smallest absolute Gasteiger partial charge is 0.272 e. The minimum atomic E-state index is -2.56. The molecule has 0 radical (unpaired) electrons. The predicted molar refractivity (Wildman–Crippen MR) is 154 cm³/mol. The highest BCUT2D eigenvalue weighted by Gasteiger charge is 2.58. The Hall–Kier alpha value is -2.86. The maximum absolute atomic E-state index is 13.4. The first kappa shape index (κ1) is 29.6. The van der Waals surface area contributed by atoms with Gasteiger partial charge in [0.1, 0.15) is 24.3 Å². The number of likely N-dealkylation sites (N-methyl/N-ethyl adjacent to an activating group) is 1. The van der Waals surface area contributed by atoms with Gasteiger partial charge in [0, 0.05) is 47.9 Å². The van der Waals surface area contributed by atoms with Crippen LogP contribution in [0.15, 0.2) is 23.9 Å². The predicted octanol–water partition coefficient (Wildman–Crippen LogP) is 3.26. The maximum atomic E-state index is 13.4. The number of benzene rings is 1. The van der Waals surface area contributed by atoms with Crippen molar-refractivity contribution in [1.82, 2.24) is 20.2 Å². The molecule has 5 rings (SSSR count). The van der Waals surface area contributed by atoms with E-state index < -0.39 is 12.0 Å². The number of nitrogens with one attached hydrogen (secondary N) is 1. The number of allylic oxidation sites excluding steroid dienone is 2. The van der Waals surface area contributed by atoms with Crippen molar-refractivity contribution in [3.05, 3.63) is 40.2 Å². The minimum absolute atomic E-state index is 0.0792. The zero-order valence-corrected chi connectivity index (χ0v) is 24.6.